The SMILES string of the molecule is COC(=O)N1Cc2ccccc2C2CC21C(=O)O. The summed E-state index contributed by atoms with van der Waals surface area (Å²) in [6.07, 6.45) is -0.108. The number of methoxy groups -OCH3 is 1. The molecule has 3 rings (SSSR count). The fourth-order valence-corrected chi connectivity index (χ4v) is 2.94. The van der Waals surface area contributed by atoms with E-state index in [2.05, 4.69) is 0 Å². The quantitative estimate of drug-likeness (QED) is 0.818. The maximum absolute atomic E-state index is 11.8. The molecule has 0 radical (unpaired) electrons. The highest BCUT2D eigenvalue weighted by Gasteiger charge is 2.69. The van der Waals surface area contributed by atoms with Gasteiger partial charge in [-0.3, -0.25) is 4.90 Å². The molecule has 2 aliphatic rings. The molecule has 1 N–H and O–H groups in total. The summed E-state index contributed by atoms with van der Waals surface area (Å²) in [7, 11) is 1.27. The van der Waals surface area contributed by atoms with Gasteiger partial charge in [0, 0.05) is 5.92 Å². The molecule has 1 aliphatic carbocycles. The van der Waals surface area contributed by atoms with Crippen LogP contribution in [0.3, 0.4) is 0 Å². The van der Waals surface area contributed by atoms with Gasteiger partial charge in [-0.1, -0.05) is 24.3 Å². The molecule has 94 valence electrons. The molecular weight excluding hydrogens is 234 g/mol. The second-order valence-electron chi connectivity index (χ2n) is 4.74. The van der Waals surface area contributed by atoms with Crippen LogP contribution in [0.4, 0.5) is 4.79 Å². The maximum Gasteiger partial charge on any atom is 0.410 e. The molecule has 1 heterocycles. The van der Waals surface area contributed by atoms with Crippen LogP contribution < -0.4 is 0 Å². The van der Waals surface area contributed by atoms with E-state index >= 15 is 0 Å². The molecule has 2 atom stereocenters. The number of carbonyl (C=O) groups excluding carboxylic acids is 1. The Bertz CT molecular complexity index is 542. The van der Waals surface area contributed by atoms with E-state index in [4.69, 9.17) is 4.74 Å². The summed E-state index contributed by atoms with van der Waals surface area (Å²) in [4.78, 5) is 24.6. The fraction of sp³-hybridized carbons (Fsp3) is 0.385. The fourth-order valence-electron chi connectivity index (χ4n) is 2.94. The predicted octanol–water partition coefficient (Wildman–Crippen LogP) is 1.58. The molecule has 5 nitrogen and oxygen atoms in total. The highest BCUT2D eigenvalue weighted by atomic mass is 16.5. The Morgan fingerprint density at radius 2 is 2.17 bits per heavy atom. The Kier molecular flexibility index (Phi) is 2.14. The van der Waals surface area contributed by atoms with Gasteiger partial charge in [0.2, 0.25) is 0 Å². The zero-order valence-electron chi connectivity index (χ0n) is 9.92. The Morgan fingerprint density at radius 3 is 2.83 bits per heavy atom. The number of rotatable bonds is 1. The number of hydrogen-bond donors (Lipinski definition) is 1. The number of carbonyl (C=O) groups is 2. The zero-order valence-corrected chi connectivity index (χ0v) is 9.92. The summed E-state index contributed by atoms with van der Waals surface area (Å²) in [5, 5.41) is 9.43. The second kappa shape index (κ2) is 3.48. The number of carboxylic acids is 1. The number of amides is 1. The van der Waals surface area contributed by atoms with Crippen molar-refractivity contribution in [1.82, 2.24) is 4.90 Å². The van der Waals surface area contributed by atoms with Crippen molar-refractivity contribution in [1.29, 1.82) is 0 Å². The highest BCUT2D eigenvalue weighted by molar-refractivity contribution is 5.91. The predicted molar refractivity (Wildman–Crippen MR) is 62.1 cm³/mol. The lowest BCUT2D eigenvalue weighted by Crippen LogP contribution is -2.49. The molecule has 0 aromatic heterocycles. The van der Waals surface area contributed by atoms with E-state index in [-0.39, 0.29) is 5.92 Å². The van der Waals surface area contributed by atoms with Crippen LogP contribution in [0.25, 0.3) is 0 Å². The minimum Gasteiger partial charge on any atom is -0.479 e. The van der Waals surface area contributed by atoms with Gasteiger partial charge in [-0.25, -0.2) is 9.59 Å². The van der Waals surface area contributed by atoms with Crippen LogP contribution in [0.5, 0.6) is 0 Å². The largest absolute Gasteiger partial charge is 0.479 e. The Labute approximate surface area is 104 Å². The Hall–Kier alpha value is -2.04. The van der Waals surface area contributed by atoms with Gasteiger partial charge < -0.3 is 9.84 Å². The van der Waals surface area contributed by atoms with Gasteiger partial charge in [-0.2, -0.15) is 0 Å². The molecule has 0 spiro atoms. The van der Waals surface area contributed by atoms with Crippen LogP contribution in [0.15, 0.2) is 24.3 Å². The third-order valence-corrected chi connectivity index (χ3v) is 3.94. The molecule has 1 aromatic carbocycles. The number of benzene rings is 1. The topological polar surface area (TPSA) is 66.8 Å². The van der Waals surface area contributed by atoms with Crippen LogP contribution in [0, 0.1) is 0 Å². The molecule has 1 aromatic rings. The van der Waals surface area contributed by atoms with Gasteiger partial charge in [-0.15, -0.1) is 0 Å². The molecule has 2 unspecified atom stereocenters. The lowest BCUT2D eigenvalue weighted by molar-refractivity contribution is -0.145. The second-order valence-corrected chi connectivity index (χ2v) is 4.74. The zero-order chi connectivity index (χ0) is 12.9. The monoisotopic (exact) mass is 247 g/mol. The van der Waals surface area contributed by atoms with Gasteiger partial charge in [0.15, 0.2) is 5.54 Å². The van der Waals surface area contributed by atoms with Gasteiger partial charge in [0.25, 0.3) is 0 Å². The molecule has 1 amide bonds. The number of aliphatic carboxylic acids is 1. The first-order valence-corrected chi connectivity index (χ1v) is 5.78. The van der Waals surface area contributed by atoms with Crippen molar-refractivity contribution in [3.8, 4) is 0 Å². The molecule has 0 bridgehead atoms. The molecule has 1 saturated carbocycles. The van der Waals surface area contributed by atoms with Crippen molar-refractivity contribution >= 4 is 12.1 Å². The molecular formula is C13H13NO4. The number of carboxylic acid groups (broad SMARTS) is 1. The van der Waals surface area contributed by atoms with Gasteiger partial charge in [0.05, 0.1) is 13.7 Å². The third-order valence-electron chi connectivity index (χ3n) is 3.94. The lowest BCUT2D eigenvalue weighted by Gasteiger charge is -2.33. The van der Waals surface area contributed by atoms with E-state index in [9.17, 15) is 14.7 Å². The minimum absolute atomic E-state index is 0.112. The minimum atomic E-state index is -1.10. The van der Waals surface area contributed by atoms with E-state index in [1.54, 1.807) is 0 Å². The summed E-state index contributed by atoms with van der Waals surface area (Å²) >= 11 is 0. The van der Waals surface area contributed by atoms with E-state index in [0.29, 0.717) is 13.0 Å². The first-order valence-electron chi connectivity index (χ1n) is 5.78. The smallest absolute Gasteiger partial charge is 0.410 e. The number of hydrogen-bond acceptors (Lipinski definition) is 3. The number of ether oxygens (including phenoxy) is 1. The molecule has 1 aliphatic heterocycles. The van der Waals surface area contributed by atoms with Gasteiger partial charge in [-0.05, 0) is 17.5 Å². The van der Waals surface area contributed by atoms with Crippen LogP contribution in [0.2, 0.25) is 0 Å². The highest BCUT2D eigenvalue weighted by Crippen LogP contribution is 2.59. The van der Waals surface area contributed by atoms with E-state index in [1.807, 2.05) is 24.3 Å². The molecule has 18 heavy (non-hydrogen) atoms. The summed E-state index contributed by atoms with van der Waals surface area (Å²) in [6, 6.07) is 7.66. The van der Waals surface area contributed by atoms with Crippen molar-refractivity contribution in [2.75, 3.05) is 7.11 Å². The first-order chi connectivity index (χ1) is 8.61. The van der Waals surface area contributed by atoms with Crippen LogP contribution in [0.1, 0.15) is 23.5 Å². The summed E-state index contributed by atoms with van der Waals surface area (Å²) in [5.41, 5.74) is 0.948. The third kappa shape index (κ3) is 1.21. The summed E-state index contributed by atoms with van der Waals surface area (Å²) in [5.74, 6) is -1.06. The summed E-state index contributed by atoms with van der Waals surface area (Å²) in [6.45, 7) is 0.297. The average molecular weight is 247 g/mol. The lowest BCUT2D eigenvalue weighted by atomic mass is 9.94. The average Bonchev–Trinajstić information content (AvgIpc) is 3.14. The Morgan fingerprint density at radius 1 is 1.44 bits per heavy atom. The van der Waals surface area contributed by atoms with Gasteiger partial charge >= 0.3 is 12.1 Å². The van der Waals surface area contributed by atoms with Crippen molar-refractivity contribution in [3.05, 3.63) is 35.4 Å². The van der Waals surface area contributed by atoms with Crippen LogP contribution in [-0.2, 0) is 16.1 Å². The first kappa shape index (κ1) is 11.1. The molecule has 0 saturated heterocycles. The van der Waals surface area contributed by atoms with Gasteiger partial charge in [0.1, 0.15) is 0 Å². The van der Waals surface area contributed by atoms with Crippen molar-refractivity contribution in [2.24, 2.45) is 0 Å². The normalized spacial score (nSPS) is 28.1. The standard InChI is InChI=1S/C13H13NO4/c1-18-12(17)14-7-8-4-2-3-5-9(8)10-6-13(10,14)11(15)16/h2-5,10H,6-7H2,1H3,(H,15,16). The van der Waals surface area contributed by atoms with E-state index in [1.165, 1.54) is 12.0 Å². The van der Waals surface area contributed by atoms with Crippen molar-refractivity contribution in [2.45, 2.75) is 24.4 Å². The van der Waals surface area contributed by atoms with E-state index in [0.717, 1.165) is 11.1 Å². The molecule has 1 fully saturated rings. The van der Waals surface area contributed by atoms with Crippen molar-refractivity contribution < 1.29 is 19.4 Å². The van der Waals surface area contributed by atoms with Crippen LogP contribution >= 0.6 is 0 Å². The van der Waals surface area contributed by atoms with E-state index < -0.39 is 17.6 Å². The Balaban J connectivity index is 2.08. The molecule has 5 heteroatoms. The number of nitrogens with zero attached hydrogens (tertiary/aromatic N) is 1. The number of fused-ring (bicyclic) bond motifs is 3. The van der Waals surface area contributed by atoms with Crippen molar-refractivity contribution in [3.63, 3.8) is 0 Å². The van der Waals surface area contributed by atoms with Crippen LogP contribution in [-0.4, -0.2) is 34.7 Å². The summed E-state index contributed by atoms with van der Waals surface area (Å²) < 4.78 is 4.70. The maximum atomic E-state index is 11.8.